The highest BCUT2D eigenvalue weighted by Crippen LogP contribution is 2.24. The van der Waals surface area contributed by atoms with Crippen LogP contribution < -0.4 is 4.90 Å². The van der Waals surface area contributed by atoms with Crippen LogP contribution in [0.5, 0.6) is 0 Å². The zero-order chi connectivity index (χ0) is 17.7. The van der Waals surface area contributed by atoms with E-state index in [1.807, 2.05) is 30.3 Å². The van der Waals surface area contributed by atoms with Crippen LogP contribution in [0, 0.1) is 0 Å². The molecule has 0 unspecified atom stereocenters. The van der Waals surface area contributed by atoms with Gasteiger partial charge in [-0.1, -0.05) is 30.3 Å². The number of carbonyl (C=O) groups excluding carboxylic acids is 1. The summed E-state index contributed by atoms with van der Waals surface area (Å²) in [5, 5.41) is 10.5. The Hall–Kier alpha value is -1.92. The molecular weight excluding hydrogens is 372 g/mol. The molecule has 2 aromatic rings. The van der Waals surface area contributed by atoms with Gasteiger partial charge in [0.2, 0.25) is 0 Å². The van der Waals surface area contributed by atoms with Crippen molar-refractivity contribution in [3.63, 3.8) is 0 Å². The maximum atomic E-state index is 12.6. The van der Waals surface area contributed by atoms with E-state index in [4.69, 9.17) is 4.74 Å². The summed E-state index contributed by atoms with van der Waals surface area (Å²) in [7, 11) is 0. The van der Waals surface area contributed by atoms with E-state index in [9.17, 15) is 9.90 Å². The lowest BCUT2D eigenvalue weighted by molar-refractivity contribution is 0.0555. The Bertz CT molecular complexity index is 686. The van der Waals surface area contributed by atoms with Gasteiger partial charge in [0.05, 0.1) is 18.3 Å². The van der Waals surface area contributed by atoms with Crippen molar-refractivity contribution in [3.05, 3.63) is 58.8 Å². The molecule has 1 N–H and O–H groups in total. The zero-order valence-electron chi connectivity index (χ0n) is 13.9. The number of nitrogens with zero attached hydrogens (tertiary/aromatic N) is 2. The Balaban J connectivity index is 2.27. The molecule has 1 aromatic carbocycles. The van der Waals surface area contributed by atoms with Crippen LogP contribution in [0.4, 0.5) is 10.5 Å². The number of anilines is 1. The molecule has 0 aliphatic carbocycles. The van der Waals surface area contributed by atoms with Crippen LogP contribution in [-0.2, 0) is 4.74 Å². The largest absolute Gasteiger partial charge is 0.443 e. The molecule has 1 heterocycles. The van der Waals surface area contributed by atoms with Gasteiger partial charge in [-0.2, -0.15) is 0 Å². The molecule has 0 aliphatic rings. The van der Waals surface area contributed by atoms with Gasteiger partial charge < -0.3 is 9.84 Å². The number of hydrogen-bond donors (Lipinski definition) is 1. The third kappa shape index (κ3) is 5.32. The highest BCUT2D eigenvalue weighted by molar-refractivity contribution is 9.10. The average Bonchev–Trinajstić information content (AvgIpc) is 2.51. The molecule has 0 fully saturated rings. The lowest BCUT2D eigenvalue weighted by Crippen LogP contribution is -2.39. The second-order valence-electron chi connectivity index (χ2n) is 6.35. The summed E-state index contributed by atoms with van der Waals surface area (Å²) in [6.45, 7) is 5.49. The lowest BCUT2D eigenvalue weighted by Gasteiger charge is -2.29. The molecule has 0 saturated heterocycles. The maximum absolute atomic E-state index is 12.6. The van der Waals surface area contributed by atoms with Crippen molar-refractivity contribution in [3.8, 4) is 0 Å². The maximum Gasteiger partial charge on any atom is 0.414 e. The molecule has 0 radical (unpaired) electrons. The van der Waals surface area contributed by atoms with Crippen molar-refractivity contribution < 1.29 is 14.6 Å². The van der Waals surface area contributed by atoms with Gasteiger partial charge >= 0.3 is 6.09 Å². The van der Waals surface area contributed by atoms with Crippen molar-refractivity contribution in [1.29, 1.82) is 0 Å². The summed E-state index contributed by atoms with van der Waals surface area (Å²) >= 11 is 3.30. The Kier molecular flexibility index (Phi) is 5.96. The van der Waals surface area contributed by atoms with E-state index < -0.39 is 17.8 Å². The molecule has 0 spiro atoms. The lowest BCUT2D eigenvalue weighted by atomic mass is 10.1. The molecule has 128 valence electrons. The molecule has 0 aliphatic heterocycles. The van der Waals surface area contributed by atoms with Crippen LogP contribution in [0.25, 0.3) is 0 Å². The number of pyridine rings is 1. The fourth-order valence-corrected chi connectivity index (χ4v) is 2.47. The number of carbonyl (C=O) groups is 1. The van der Waals surface area contributed by atoms with Gasteiger partial charge in [-0.3, -0.25) is 4.90 Å². The first-order valence-corrected chi connectivity index (χ1v) is 8.40. The first-order chi connectivity index (χ1) is 11.3. The molecule has 24 heavy (non-hydrogen) atoms. The Morgan fingerprint density at radius 1 is 1.29 bits per heavy atom. The third-order valence-electron chi connectivity index (χ3n) is 3.18. The highest BCUT2D eigenvalue weighted by atomic mass is 79.9. The molecule has 1 amide bonds. The van der Waals surface area contributed by atoms with Gasteiger partial charge in [-0.05, 0) is 54.4 Å². The smallest absolute Gasteiger partial charge is 0.414 e. The van der Waals surface area contributed by atoms with Crippen molar-refractivity contribution >= 4 is 27.7 Å². The number of hydrogen-bond acceptors (Lipinski definition) is 4. The number of ether oxygens (including phenoxy) is 1. The number of aromatic nitrogens is 1. The quantitative estimate of drug-likeness (QED) is 0.786. The van der Waals surface area contributed by atoms with Crippen molar-refractivity contribution in [2.45, 2.75) is 32.5 Å². The van der Waals surface area contributed by atoms with Crippen LogP contribution in [0.3, 0.4) is 0 Å². The minimum absolute atomic E-state index is 0.0787. The Labute approximate surface area is 150 Å². The summed E-state index contributed by atoms with van der Waals surface area (Å²) in [6, 6.07) is 12.6. The van der Waals surface area contributed by atoms with Gasteiger partial charge in [0, 0.05) is 6.20 Å². The second-order valence-corrected chi connectivity index (χ2v) is 7.17. The van der Waals surface area contributed by atoms with Crippen LogP contribution in [0.15, 0.2) is 53.3 Å². The van der Waals surface area contributed by atoms with E-state index in [0.717, 1.165) is 5.56 Å². The molecule has 6 heteroatoms. The average molecular weight is 393 g/mol. The van der Waals surface area contributed by atoms with E-state index in [1.54, 1.807) is 39.1 Å². The van der Waals surface area contributed by atoms with Crippen molar-refractivity contribution in [1.82, 2.24) is 4.98 Å². The Morgan fingerprint density at radius 3 is 2.54 bits per heavy atom. The first kappa shape index (κ1) is 18.4. The zero-order valence-corrected chi connectivity index (χ0v) is 15.5. The molecule has 0 bridgehead atoms. The second kappa shape index (κ2) is 7.77. The predicted octanol–water partition coefficient (Wildman–Crippen LogP) is 4.32. The summed E-state index contributed by atoms with van der Waals surface area (Å²) in [4.78, 5) is 18.1. The Morgan fingerprint density at radius 2 is 1.96 bits per heavy atom. The van der Waals surface area contributed by atoms with Gasteiger partial charge in [-0.15, -0.1) is 0 Å². The first-order valence-electron chi connectivity index (χ1n) is 7.61. The van der Waals surface area contributed by atoms with Crippen molar-refractivity contribution in [2.24, 2.45) is 0 Å². The number of amides is 1. The number of aliphatic hydroxyl groups excluding tert-OH is 1. The van der Waals surface area contributed by atoms with E-state index in [0.29, 0.717) is 10.3 Å². The molecular formula is C18H21BrN2O3. The van der Waals surface area contributed by atoms with E-state index in [2.05, 4.69) is 20.9 Å². The highest BCUT2D eigenvalue weighted by Gasteiger charge is 2.26. The summed E-state index contributed by atoms with van der Waals surface area (Å²) in [5.74, 6) is 0. The van der Waals surface area contributed by atoms with Crippen LogP contribution in [0.2, 0.25) is 0 Å². The summed E-state index contributed by atoms with van der Waals surface area (Å²) in [5.41, 5.74) is 0.706. The van der Waals surface area contributed by atoms with E-state index >= 15 is 0 Å². The predicted molar refractivity (Wildman–Crippen MR) is 96.9 cm³/mol. The number of aliphatic hydroxyl groups is 1. The van der Waals surface area contributed by atoms with Gasteiger partial charge in [-0.25, -0.2) is 9.78 Å². The van der Waals surface area contributed by atoms with E-state index in [-0.39, 0.29) is 6.54 Å². The van der Waals surface area contributed by atoms with Crippen LogP contribution >= 0.6 is 15.9 Å². The fourth-order valence-electron chi connectivity index (χ4n) is 2.12. The van der Waals surface area contributed by atoms with Crippen molar-refractivity contribution in [2.75, 3.05) is 11.4 Å². The standard InChI is InChI=1S/C18H21BrN2O3/c1-18(2,3)24-17(23)21(14-9-10-20-16(19)11-14)12-15(22)13-7-5-4-6-8-13/h4-11,15,22H,12H2,1-3H3/t15-/m0/s1. The minimum atomic E-state index is -0.828. The molecule has 5 nitrogen and oxygen atoms in total. The molecule has 2 rings (SSSR count). The summed E-state index contributed by atoms with van der Waals surface area (Å²) in [6.07, 6.45) is 0.243. The van der Waals surface area contributed by atoms with Gasteiger partial charge in [0.15, 0.2) is 0 Å². The van der Waals surface area contributed by atoms with E-state index in [1.165, 1.54) is 4.90 Å². The number of halogens is 1. The third-order valence-corrected chi connectivity index (χ3v) is 3.61. The monoisotopic (exact) mass is 392 g/mol. The molecule has 0 saturated carbocycles. The van der Waals surface area contributed by atoms with Gasteiger partial charge in [0.1, 0.15) is 10.2 Å². The number of benzene rings is 1. The normalized spacial score (nSPS) is 12.5. The molecule has 1 aromatic heterocycles. The SMILES string of the molecule is CC(C)(C)OC(=O)N(C[C@H](O)c1ccccc1)c1ccnc(Br)c1. The topological polar surface area (TPSA) is 62.7 Å². The van der Waals surface area contributed by atoms with Crippen LogP contribution in [-0.4, -0.2) is 28.3 Å². The fraction of sp³-hybridized carbons (Fsp3) is 0.333. The van der Waals surface area contributed by atoms with Gasteiger partial charge in [0.25, 0.3) is 0 Å². The van der Waals surface area contributed by atoms with Crippen LogP contribution in [0.1, 0.15) is 32.4 Å². The summed E-state index contributed by atoms with van der Waals surface area (Å²) < 4.78 is 6.07. The minimum Gasteiger partial charge on any atom is -0.443 e. The molecule has 1 atom stereocenters. The number of rotatable bonds is 4.